The summed E-state index contributed by atoms with van der Waals surface area (Å²) in [6, 6.07) is 5.03. The maximum absolute atomic E-state index is 12.2. The van der Waals surface area contributed by atoms with E-state index in [1.54, 1.807) is 11.9 Å². The minimum Gasteiger partial charge on any atom is -0.467 e. The molecular formula is C20H31N3O4. The molecule has 0 bridgehead atoms. The number of esters is 1. The number of anilines is 1. The van der Waals surface area contributed by atoms with Crippen LogP contribution in [0.2, 0.25) is 0 Å². The second-order valence-corrected chi connectivity index (χ2v) is 7.24. The molecule has 150 valence electrons. The van der Waals surface area contributed by atoms with E-state index < -0.39 is 12.0 Å². The van der Waals surface area contributed by atoms with Gasteiger partial charge in [0.25, 0.3) is 0 Å². The summed E-state index contributed by atoms with van der Waals surface area (Å²) in [5.41, 5.74) is 2.88. The second kappa shape index (κ2) is 10.7. The molecule has 0 saturated carbocycles. The fourth-order valence-electron chi connectivity index (χ4n) is 2.69. The van der Waals surface area contributed by atoms with Crippen LogP contribution >= 0.6 is 0 Å². The number of nitrogens with one attached hydrogen (secondary N) is 2. The number of hydrogen-bond acceptors (Lipinski definition) is 5. The fourth-order valence-corrected chi connectivity index (χ4v) is 2.69. The maximum atomic E-state index is 12.2. The van der Waals surface area contributed by atoms with E-state index in [9.17, 15) is 14.4 Å². The van der Waals surface area contributed by atoms with Crippen LogP contribution in [-0.4, -0.2) is 56.0 Å². The first kappa shape index (κ1) is 22.6. The van der Waals surface area contributed by atoms with Crippen LogP contribution in [0.25, 0.3) is 0 Å². The van der Waals surface area contributed by atoms with Crippen LogP contribution in [0.5, 0.6) is 0 Å². The molecule has 0 saturated heterocycles. The van der Waals surface area contributed by atoms with Gasteiger partial charge in [0.05, 0.1) is 20.2 Å². The highest BCUT2D eigenvalue weighted by Crippen LogP contribution is 2.17. The molecule has 0 aliphatic heterocycles. The van der Waals surface area contributed by atoms with Crippen molar-refractivity contribution in [2.75, 3.05) is 32.6 Å². The van der Waals surface area contributed by atoms with Crippen LogP contribution in [0, 0.1) is 19.8 Å². The summed E-state index contributed by atoms with van der Waals surface area (Å²) in [5, 5.41) is 5.55. The zero-order chi connectivity index (χ0) is 20.6. The van der Waals surface area contributed by atoms with Crippen LogP contribution in [0.4, 0.5) is 5.69 Å². The van der Waals surface area contributed by atoms with Crippen molar-refractivity contribution in [1.29, 1.82) is 0 Å². The SMILES string of the molecule is COC(=O)[C@@H](CC(C)C)NC(=O)CN(C)CC(=O)Nc1cccc(C)c1C. The first-order valence-corrected chi connectivity index (χ1v) is 9.05. The first-order chi connectivity index (χ1) is 12.6. The van der Waals surface area contributed by atoms with Crippen LogP contribution in [-0.2, 0) is 19.1 Å². The van der Waals surface area contributed by atoms with Crippen molar-refractivity contribution in [2.45, 2.75) is 40.2 Å². The number of rotatable bonds is 9. The molecule has 1 aromatic rings. The van der Waals surface area contributed by atoms with Gasteiger partial charge in [-0.05, 0) is 50.4 Å². The summed E-state index contributed by atoms with van der Waals surface area (Å²) >= 11 is 0. The standard InChI is InChI=1S/C20H31N3O4/c1-13(2)10-17(20(26)27-6)22-19(25)12-23(5)11-18(24)21-16-9-7-8-14(3)15(16)4/h7-9,13,17H,10-12H2,1-6H3,(H,21,24)(H,22,25)/t17-/m1/s1. The number of hydrogen-bond donors (Lipinski definition) is 2. The Balaban J connectivity index is 2.55. The molecule has 0 aliphatic carbocycles. The summed E-state index contributed by atoms with van der Waals surface area (Å²) in [5.74, 6) is -0.762. The Bertz CT molecular complexity index is 673. The van der Waals surface area contributed by atoms with Gasteiger partial charge in [-0.3, -0.25) is 14.5 Å². The highest BCUT2D eigenvalue weighted by molar-refractivity contribution is 5.93. The maximum Gasteiger partial charge on any atom is 0.328 e. The molecule has 1 aromatic carbocycles. The number of nitrogens with zero attached hydrogens (tertiary/aromatic N) is 1. The van der Waals surface area contributed by atoms with Gasteiger partial charge in [-0.15, -0.1) is 0 Å². The normalized spacial score (nSPS) is 12.0. The fraction of sp³-hybridized carbons (Fsp3) is 0.550. The van der Waals surface area contributed by atoms with Crippen LogP contribution in [0.3, 0.4) is 0 Å². The topological polar surface area (TPSA) is 87.7 Å². The van der Waals surface area contributed by atoms with Gasteiger partial charge in [-0.1, -0.05) is 26.0 Å². The average molecular weight is 377 g/mol. The van der Waals surface area contributed by atoms with Gasteiger partial charge >= 0.3 is 5.97 Å². The second-order valence-electron chi connectivity index (χ2n) is 7.24. The number of carbonyl (C=O) groups is 3. The third kappa shape index (κ3) is 7.78. The van der Waals surface area contributed by atoms with Gasteiger partial charge in [-0.2, -0.15) is 0 Å². The number of carbonyl (C=O) groups excluding carboxylic acids is 3. The molecule has 1 rings (SSSR count). The van der Waals surface area contributed by atoms with E-state index in [2.05, 4.69) is 10.6 Å². The minimum atomic E-state index is -0.681. The molecule has 1 atom stereocenters. The number of amides is 2. The Labute approximate surface area is 161 Å². The number of methoxy groups -OCH3 is 1. The van der Waals surface area contributed by atoms with Crippen molar-refractivity contribution in [3.63, 3.8) is 0 Å². The van der Waals surface area contributed by atoms with Crippen molar-refractivity contribution in [3.05, 3.63) is 29.3 Å². The van der Waals surface area contributed by atoms with E-state index in [-0.39, 0.29) is 30.8 Å². The van der Waals surface area contributed by atoms with Crippen molar-refractivity contribution < 1.29 is 19.1 Å². The third-order valence-electron chi connectivity index (χ3n) is 4.23. The summed E-state index contributed by atoms with van der Waals surface area (Å²) in [6.45, 7) is 7.93. The van der Waals surface area contributed by atoms with Crippen molar-refractivity contribution in [2.24, 2.45) is 5.92 Å². The predicted octanol–water partition coefficient (Wildman–Crippen LogP) is 1.88. The molecule has 7 nitrogen and oxygen atoms in total. The molecule has 0 spiro atoms. The molecule has 2 amide bonds. The molecule has 0 fully saturated rings. The van der Waals surface area contributed by atoms with Gasteiger partial charge in [0.1, 0.15) is 6.04 Å². The summed E-state index contributed by atoms with van der Waals surface area (Å²) < 4.78 is 4.74. The molecule has 7 heteroatoms. The third-order valence-corrected chi connectivity index (χ3v) is 4.23. The van der Waals surface area contributed by atoms with Crippen LogP contribution in [0.15, 0.2) is 18.2 Å². The summed E-state index contributed by atoms with van der Waals surface area (Å²) in [6.07, 6.45) is 0.495. The lowest BCUT2D eigenvalue weighted by molar-refractivity contribution is -0.145. The average Bonchev–Trinajstić information content (AvgIpc) is 2.56. The first-order valence-electron chi connectivity index (χ1n) is 9.05. The Morgan fingerprint density at radius 3 is 2.33 bits per heavy atom. The van der Waals surface area contributed by atoms with E-state index in [1.165, 1.54) is 7.11 Å². The Morgan fingerprint density at radius 1 is 1.11 bits per heavy atom. The van der Waals surface area contributed by atoms with Gasteiger partial charge < -0.3 is 15.4 Å². The summed E-state index contributed by atoms with van der Waals surface area (Å²) in [7, 11) is 2.98. The molecule has 0 radical (unpaired) electrons. The largest absolute Gasteiger partial charge is 0.467 e. The van der Waals surface area contributed by atoms with Crippen molar-refractivity contribution in [3.8, 4) is 0 Å². The molecule has 0 aliphatic rings. The number of aryl methyl sites for hydroxylation is 1. The molecule has 0 aromatic heterocycles. The zero-order valence-corrected chi connectivity index (χ0v) is 17.1. The van der Waals surface area contributed by atoms with Crippen molar-refractivity contribution >= 4 is 23.5 Å². The molecule has 27 heavy (non-hydrogen) atoms. The zero-order valence-electron chi connectivity index (χ0n) is 17.1. The lowest BCUT2D eigenvalue weighted by atomic mass is 10.0. The van der Waals surface area contributed by atoms with E-state index in [0.717, 1.165) is 16.8 Å². The molecule has 0 unspecified atom stereocenters. The lowest BCUT2D eigenvalue weighted by Crippen LogP contribution is -2.46. The molecular weight excluding hydrogens is 346 g/mol. The van der Waals surface area contributed by atoms with E-state index >= 15 is 0 Å². The Morgan fingerprint density at radius 2 is 1.74 bits per heavy atom. The number of ether oxygens (including phenoxy) is 1. The van der Waals surface area contributed by atoms with Gasteiger partial charge in [0.15, 0.2) is 0 Å². The minimum absolute atomic E-state index is 0.00576. The quantitative estimate of drug-likeness (QED) is 0.642. The molecule has 0 heterocycles. The highest BCUT2D eigenvalue weighted by atomic mass is 16.5. The Hall–Kier alpha value is -2.41. The van der Waals surface area contributed by atoms with Gasteiger partial charge in [0.2, 0.25) is 11.8 Å². The van der Waals surface area contributed by atoms with Gasteiger partial charge in [-0.25, -0.2) is 4.79 Å². The van der Waals surface area contributed by atoms with Gasteiger partial charge in [0, 0.05) is 5.69 Å². The van der Waals surface area contributed by atoms with E-state index in [4.69, 9.17) is 4.74 Å². The predicted molar refractivity (Wildman–Crippen MR) is 105 cm³/mol. The highest BCUT2D eigenvalue weighted by Gasteiger charge is 2.23. The summed E-state index contributed by atoms with van der Waals surface area (Å²) in [4.78, 5) is 37.8. The van der Waals surface area contributed by atoms with Crippen molar-refractivity contribution in [1.82, 2.24) is 10.2 Å². The van der Waals surface area contributed by atoms with E-state index in [0.29, 0.717) is 6.42 Å². The van der Waals surface area contributed by atoms with Crippen LogP contribution < -0.4 is 10.6 Å². The van der Waals surface area contributed by atoms with Crippen LogP contribution in [0.1, 0.15) is 31.4 Å². The number of likely N-dealkylation sites (N-methyl/N-ethyl adjacent to an activating group) is 1. The smallest absolute Gasteiger partial charge is 0.328 e. The lowest BCUT2D eigenvalue weighted by Gasteiger charge is -2.21. The monoisotopic (exact) mass is 377 g/mol. The Kier molecular flexibility index (Phi) is 8.94. The van der Waals surface area contributed by atoms with E-state index in [1.807, 2.05) is 45.9 Å². The number of benzene rings is 1. The molecule has 2 N–H and O–H groups in total.